The first-order chi connectivity index (χ1) is 12.7. The summed E-state index contributed by atoms with van der Waals surface area (Å²) in [5.41, 5.74) is 3.46. The number of alkyl carbamates (subject to hydrolysis) is 1. The summed E-state index contributed by atoms with van der Waals surface area (Å²) in [6.45, 7) is 2.96. The second kappa shape index (κ2) is 8.86. The van der Waals surface area contributed by atoms with Gasteiger partial charge in [0.15, 0.2) is 0 Å². The standard InChI is InChI=1S/C23H23NO2/c1-18-14-15-20-11-5-6-13-22(20)21(18)12-7-8-16-24-23(25)26-17-19-9-3-2-4-10-19/h2-7,9-15H,8,16-17H2,1H3,(H,24,25). The quantitative estimate of drug-likeness (QED) is 0.601. The molecular formula is C23H23NO2. The van der Waals surface area contributed by atoms with Crippen LogP contribution < -0.4 is 5.32 Å². The summed E-state index contributed by atoms with van der Waals surface area (Å²) in [6, 6.07) is 22.3. The van der Waals surface area contributed by atoms with E-state index in [4.69, 9.17) is 4.74 Å². The van der Waals surface area contributed by atoms with Gasteiger partial charge in [-0.15, -0.1) is 0 Å². The summed E-state index contributed by atoms with van der Waals surface area (Å²) >= 11 is 0. The summed E-state index contributed by atoms with van der Waals surface area (Å²) in [4.78, 5) is 11.7. The number of aryl methyl sites for hydroxylation is 1. The molecule has 3 nitrogen and oxygen atoms in total. The molecular weight excluding hydrogens is 322 g/mol. The number of benzene rings is 3. The third-order valence-corrected chi connectivity index (χ3v) is 4.27. The van der Waals surface area contributed by atoms with Crippen LogP contribution in [0.15, 0.2) is 72.8 Å². The molecule has 0 unspecified atom stereocenters. The number of ether oxygens (including phenoxy) is 1. The van der Waals surface area contributed by atoms with Gasteiger partial charge in [-0.2, -0.15) is 0 Å². The molecule has 3 aromatic rings. The Bertz CT molecular complexity index is 900. The van der Waals surface area contributed by atoms with Gasteiger partial charge in [-0.05, 0) is 40.8 Å². The zero-order valence-electron chi connectivity index (χ0n) is 14.9. The minimum atomic E-state index is -0.386. The average molecular weight is 345 g/mol. The van der Waals surface area contributed by atoms with Crippen molar-refractivity contribution in [3.63, 3.8) is 0 Å². The Labute approximate surface area is 154 Å². The molecule has 132 valence electrons. The molecule has 3 heteroatoms. The van der Waals surface area contributed by atoms with Crippen molar-refractivity contribution in [2.45, 2.75) is 20.0 Å². The van der Waals surface area contributed by atoms with E-state index in [2.05, 4.69) is 60.8 Å². The summed E-state index contributed by atoms with van der Waals surface area (Å²) in [7, 11) is 0. The van der Waals surface area contributed by atoms with Crippen molar-refractivity contribution in [3.8, 4) is 0 Å². The fourth-order valence-corrected chi connectivity index (χ4v) is 2.86. The van der Waals surface area contributed by atoms with Crippen molar-refractivity contribution in [2.24, 2.45) is 0 Å². The van der Waals surface area contributed by atoms with Crippen LogP contribution in [-0.4, -0.2) is 12.6 Å². The Morgan fingerprint density at radius 3 is 2.62 bits per heavy atom. The lowest BCUT2D eigenvalue weighted by Crippen LogP contribution is -2.24. The first-order valence-electron chi connectivity index (χ1n) is 8.83. The van der Waals surface area contributed by atoms with Crippen molar-refractivity contribution in [1.29, 1.82) is 0 Å². The van der Waals surface area contributed by atoms with E-state index in [0.29, 0.717) is 6.54 Å². The van der Waals surface area contributed by atoms with Gasteiger partial charge in [0, 0.05) is 6.54 Å². The zero-order chi connectivity index (χ0) is 18.2. The number of carbonyl (C=O) groups excluding carboxylic acids is 1. The Hall–Kier alpha value is -3.07. The molecule has 3 aromatic carbocycles. The zero-order valence-corrected chi connectivity index (χ0v) is 14.9. The fourth-order valence-electron chi connectivity index (χ4n) is 2.86. The maximum absolute atomic E-state index is 11.7. The molecule has 0 heterocycles. The molecule has 26 heavy (non-hydrogen) atoms. The minimum Gasteiger partial charge on any atom is -0.445 e. The van der Waals surface area contributed by atoms with E-state index in [1.54, 1.807) is 0 Å². The Kier molecular flexibility index (Phi) is 6.05. The largest absolute Gasteiger partial charge is 0.445 e. The lowest BCUT2D eigenvalue weighted by atomic mass is 9.99. The van der Waals surface area contributed by atoms with Crippen LogP contribution in [0.2, 0.25) is 0 Å². The average Bonchev–Trinajstić information content (AvgIpc) is 2.68. The smallest absolute Gasteiger partial charge is 0.407 e. The van der Waals surface area contributed by atoms with Crippen LogP contribution in [0.4, 0.5) is 4.79 Å². The third-order valence-electron chi connectivity index (χ3n) is 4.27. The molecule has 0 fully saturated rings. The topological polar surface area (TPSA) is 38.3 Å². The highest BCUT2D eigenvalue weighted by Crippen LogP contribution is 2.23. The van der Waals surface area contributed by atoms with E-state index in [0.717, 1.165) is 12.0 Å². The van der Waals surface area contributed by atoms with Crippen molar-refractivity contribution in [2.75, 3.05) is 6.54 Å². The molecule has 0 bridgehead atoms. The van der Waals surface area contributed by atoms with Gasteiger partial charge >= 0.3 is 6.09 Å². The molecule has 0 saturated carbocycles. The van der Waals surface area contributed by atoms with Gasteiger partial charge in [-0.3, -0.25) is 0 Å². The van der Waals surface area contributed by atoms with Gasteiger partial charge in [0.2, 0.25) is 0 Å². The van der Waals surface area contributed by atoms with E-state index in [1.165, 1.54) is 21.9 Å². The highest BCUT2D eigenvalue weighted by molar-refractivity contribution is 5.91. The van der Waals surface area contributed by atoms with E-state index in [9.17, 15) is 4.79 Å². The van der Waals surface area contributed by atoms with E-state index < -0.39 is 0 Å². The van der Waals surface area contributed by atoms with Gasteiger partial charge in [-0.25, -0.2) is 4.79 Å². The number of rotatable bonds is 6. The maximum atomic E-state index is 11.7. The first kappa shape index (κ1) is 17.7. The van der Waals surface area contributed by atoms with Gasteiger partial charge in [-0.1, -0.05) is 78.9 Å². The molecule has 0 aliphatic rings. The molecule has 0 radical (unpaired) electrons. The highest BCUT2D eigenvalue weighted by Gasteiger charge is 2.02. The number of hydrogen-bond donors (Lipinski definition) is 1. The van der Waals surface area contributed by atoms with Crippen LogP contribution in [-0.2, 0) is 11.3 Å². The SMILES string of the molecule is Cc1ccc2ccccc2c1C=CCCNC(=O)OCc1ccccc1. The first-order valence-corrected chi connectivity index (χ1v) is 8.83. The van der Waals surface area contributed by atoms with Gasteiger partial charge in [0.1, 0.15) is 6.61 Å². The predicted octanol–water partition coefficient (Wildman–Crippen LogP) is 5.48. The molecule has 3 rings (SSSR count). The monoisotopic (exact) mass is 345 g/mol. The van der Waals surface area contributed by atoms with Crippen molar-refractivity contribution < 1.29 is 9.53 Å². The van der Waals surface area contributed by atoms with Crippen LogP contribution >= 0.6 is 0 Å². The Morgan fingerprint density at radius 2 is 1.77 bits per heavy atom. The molecule has 0 aliphatic carbocycles. The van der Waals surface area contributed by atoms with Gasteiger partial charge in [0.25, 0.3) is 0 Å². The highest BCUT2D eigenvalue weighted by atomic mass is 16.5. The fraction of sp³-hybridized carbons (Fsp3) is 0.174. The maximum Gasteiger partial charge on any atom is 0.407 e. The lowest BCUT2D eigenvalue weighted by Gasteiger charge is -2.07. The van der Waals surface area contributed by atoms with E-state index in [-0.39, 0.29) is 12.7 Å². The summed E-state index contributed by atoms with van der Waals surface area (Å²) < 4.78 is 5.20. The summed E-state index contributed by atoms with van der Waals surface area (Å²) in [5, 5.41) is 5.26. The van der Waals surface area contributed by atoms with Crippen molar-refractivity contribution in [3.05, 3.63) is 89.5 Å². The molecule has 0 aromatic heterocycles. The van der Waals surface area contributed by atoms with E-state index >= 15 is 0 Å². The number of carbonyl (C=O) groups is 1. The molecule has 0 spiro atoms. The molecule has 0 atom stereocenters. The number of hydrogen-bond acceptors (Lipinski definition) is 2. The number of amides is 1. The third kappa shape index (κ3) is 4.73. The van der Waals surface area contributed by atoms with Crippen LogP contribution in [0.1, 0.15) is 23.1 Å². The van der Waals surface area contributed by atoms with Crippen LogP contribution in [0.3, 0.4) is 0 Å². The second-order valence-corrected chi connectivity index (χ2v) is 6.20. The van der Waals surface area contributed by atoms with E-state index in [1.807, 2.05) is 30.3 Å². The van der Waals surface area contributed by atoms with Crippen LogP contribution in [0, 0.1) is 6.92 Å². The van der Waals surface area contributed by atoms with Gasteiger partial charge in [0.05, 0.1) is 0 Å². The molecule has 0 saturated heterocycles. The second-order valence-electron chi connectivity index (χ2n) is 6.20. The summed E-state index contributed by atoms with van der Waals surface area (Å²) in [6.07, 6.45) is 4.59. The summed E-state index contributed by atoms with van der Waals surface area (Å²) in [5.74, 6) is 0. The number of nitrogens with one attached hydrogen (secondary N) is 1. The van der Waals surface area contributed by atoms with Crippen LogP contribution in [0.25, 0.3) is 16.8 Å². The molecule has 0 aliphatic heterocycles. The van der Waals surface area contributed by atoms with Crippen molar-refractivity contribution in [1.82, 2.24) is 5.32 Å². The van der Waals surface area contributed by atoms with Crippen molar-refractivity contribution >= 4 is 22.9 Å². The van der Waals surface area contributed by atoms with Crippen LogP contribution in [0.5, 0.6) is 0 Å². The Morgan fingerprint density at radius 1 is 1.00 bits per heavy atom. The molecule has 1 amide bonds. The lowest BCUT2D eigenvalue weighted by molar-refractivity contribution is 0.140. The molecule has 1 N–H and O–H groups in total. The number of fused-ring (bicyclic) bond motifs is 1. The normalized spacial score (nSPS) is 11.0. The van der Waals surface area contributed by atoms with Gasteiger partial charge < -0.3 is 10.1 Å². The minimum absolute atomic E-state index is 0.289. The Balaban J connectivity index is 1.48. The predicted molar refractivity (Wildman–Crippen MR) is 107 cm³/mol.